The van der Waals surface area contributed by atoms with Gasteiger partial charge in [0.15, 0.2) is 0 Å². The Hall–Kier alpha value is -0.730. The lowest BCUT2D eigenvalue weighted by Gasteiger charge is -2.12. The number of nitrogens with one attached hydrogen (secondary N) is 1. The first-order valence-electron chi connectivity index (χ1n) is 5.75. The van der Waals surface area contributed by atoms with Crippen LogP contribution in [0.2, 0.25) is 5.02 Å². The molecule has 0 unspecified atom stereocenters. The molecule has 3 heteroatoms. The van der Waals surface area contributed by atoms with Gasteiger partial charge in [0, 0.05) is 12.6 Å². The molecule has 90 valence electrons. The van der Waals surface area contributed by atoms with Crippen molar-refractivity contribution in [3.05, 3.63) is 28.8 Å². The minimum Gasteiger partial charge on any atom is -0.491 e. The minimum atomic E-state index is 0.539. The van der Waals surface area contributed by atoms with Crippen LogP contribution in [0.5, 0.6) is 5.75 Å². The summed E-state index contributed by atoms with van der Waals surface area (Å²) in [6, 6.07) is 6.35. The van der Waals surface area contributed by atoms with Crippen molar-refractivity contribution in [3.8, 4) is 5.75 Å². The zero-order valence-electron chi connectivity index (χ0n) is 10.2. The van der Waals surface area contributed by atoms with Crippen LogP contribution in [0.1, 0.15) is 25.8 Å². The Balaban J connectivity index is 2.34. The van der Waals surface area contributed by atoms with Crippen molar-refractivity contribution in [3.63, 3.8) is 0 Å². The molecule has 0 radical (unpaired) electrons. The lowest BCUT2D eigenvalue weighted by Crippen LogP contribution is -2.29. The Labute approximate surface area is 103 Å². The fourth-order valence-electron chi connectivity index (χ4n) is 1.33. The van der Waals surface area contributed by atoms with Gasteiger partial charge in [0.25, 0.3) is 0 Å². The van der Waals surface area contributed by atoms with Crippen LogP contribution in [-0.2, 0) is 0 Å². The minimum absolute atomic E-state index is 0.539. The number of halogens is 1. The summed E-state index contributed by atoms with van der Waals surface area (Å²) >= 11 is 6.02. The lowest BCUT2D eigenvalue weighted by atomic mass is 10.2. The molecule has 1 atom stereocenters. The fraction of sp³-hybridized carbons (Fsp3) is 0.538. The van der Waals surface area contributed by atoms with Crippen molar-refractivity contribution >= 4 is 11.6 Å². The molecule has 1 N–H and O–H groups in total. The third kappa shape index (κ3) is 4.42. The van der Waals surface area contributed by atoms with E-state index in [0.29, 0.717) is 17.7 Å². The Bertz CT molecular complexity index is 328. The second-order valence-corrected chi connectivity index (χ2v) is 4.45. The lowest BCUT2D eigenvalue weighted by molar-refractivity contribution is 0.306. The highest BCUT2D eigenvalue weighted by atomic mass is 35.5. The smallest absolute Gasteiger partial charge is 0.138 e. The van der Waals surface area contributed by atoms with Crippen molar-refractivity contribution in [2.45, 2.75) is 33.2 Å². The van der Waals surface area contributed by atoms with Gasteiger partial charge in [0.2, 0.25) is 0 Å². The molecule has 0 amide bonds. The van der Waals surface area contributed by atoms with Crippen molar-refractivity contribution in [1.29, 1.82) is 0 Å². The number of rotatable bonds is 6. The molecule has 0 saturated heterocycles. The molecular weight excluding hydrogens is 222 g/mol. The molecule has 0 heterocycles. The van der Waals surface area contributed by atoms with Gasteiger partial charge in [-0.2, -0.15) is 0 Å². The molecule has 0 aliphatic rings. The molecule has 16 heavy (non-hydrogen) atoms. The summed E-state index contributed by atoms with van der Waals surface area (Å²) in [4.78, 5) is 0. The van der Waals surface area contributed by atoms with Crippen molar-refractivity contribution in [2.24, 2.45) is 0 Å². The van der Waals surface area contributed by atoms with Gasteiger partial charge in [0.05, 0.1) is 5.02 Å². The van der Waals surface area contributed by atoms with Gasteiger partial charge in [-0.3, -0.25) is 0 Å². The van der Waals surface area contributed by atoms with E-state index in [2.05, 4.69) is 19.2 Å². The number of benzene rings is 1. The van der Waals surface area contributed by atoms with E-state index in [9.17, 15) is 0 Å². The van der Waals surface area contributed by atoms with E-state index in [-0.39, 0.29) is 0 Å². The molecule has 0 aliphatic heterocycles. The van der Waals surface area contributed by atoms with Gasteiger partial charge >= 0.3 is 0 Å². The summed E-state index contributed by atoms with van der Waals surface area (Å²) < 4.78 is 5.62. The van der Waals surface area contributed by atoms with Crippen LogP contribution in [-0.4, -0.2) is 19.2 Å². The highest BCUT2D eigenvalue weighted by Crippen LogP contribution is 2.24. The second kappa shape index (κ2) is 6.77. The molecule has 2 nitrogen and oxygen atoms in total. The zero-order chi connectivity index (χ0) is 12.0. The second-order valence-electron chi connectivity index (χ2n) is 4.05. The molecule has 0 aromatic heterocycles. The van der Waals surface area contributed by atoms with Crippen molar-refractivity contribution in [1.82, 2.24) is 5.32 Å². The summed E-state index contributed by atoms with van der Waals surface area (Å²) in [5.41, 5.74) is 1.16. The van der Waals surface area contributed by atoms with E-state index in [4.69, 9.17) is 16.3 Å². The Morgan fingerprint density at radius 2 is 2.19 bits per heavy atom. The topological polar surface area (TPSA) is 21.3 Å². The maximum Gasteiger partial charge on any atom is 0.138 e. The van der Waals surface area contributed by atoms with Gasteiger partial charge < -0.3 is 10.1 Å². The molecule has 1 aromatic carbocycles. The third-order valence-electron chi connectivity index (χ3n) is 2.55. The summed E-state index contributed by atoms with van der Waals surface area (Å²) in [7, 11) is 0. The van der Waals surface area contributed by atoms with Crippen molar-refractivity contribution < 1.29 is 4.74 Å². The van der Waals surface area contributed by atoms with Gasteiger partial charge in [-0.25, -0.2) is 0 Å². The number of aryl methyl sites for hydroxylation is 1. The Morgan fingerprint density at radius 1 is 1.44 bits per heavy atom. The molecule has 0 fully saturated rings. The van der Waals surface area contributed by atoms with Crippen LogP contribution < -0.4 is 10.1 Å². The highest BCUT2D eigenvalue weighted by Gasteiger charge is 2.02. The zero-order valence-corrected chi connectivity index (χ0v) is 11.0. The SMILES string of the molecule is CC[C@H](C)NCCOc1cc(C)ccc1Cl. The first-order valence-corrected chi connectivity index (χ1v) is 6.13. The summed E-state index contributed by atoms with van der Waals surface area (Å²) in [5, 5.41) is 4.04. The van der Waals surface area contributed by atoms with E-state index in [1.54, 1.807) is 0 Å². The monoisotopic (exact) mass is 241 g/mol. The quantitative estimate of drug-likeness (QED) is 0.771. The standard InChI is InChI=1S/C13H20ClNO/c1-4-11(3)15-7-8-16-13-9-10(2)5-6-12(13)14/h5-6,9,11,15H,4,7-8H2,1-3H3/t11-/m0/s1. The Morgan fingerprint density at radius 3 is 2.88 bits per heavy atom. The number of hydrogen-bond donors (Lipinski definition) is 1. The predicted molar refractivity (Wildman–Crippen MR) is 69.4 cm³/mol. The maximum atomic E-state index is 6.02. The molecular formula is C13H20ClNO. The number of hydrogen-bond acceptors (Lipinski definition) is 2. The van der Waals surface area contributed by atoms with Gasteiger partial charge in [0.1, 0.15) is 12.4 Å². The largest absolute Gasteiger partial charge is 0.491 e. The van der Waals surface area contributed by atoms with Crippen LogP contribution in [0.25, 0.3) is 0 Å². The van der Waals surface area contributed by atoms with Crippen molar-refractivity contribution in [2.75, 3.05) is 13.2 Å². The first-order chi connectivity index (χ1) is 7.63. The summed E-state index contributed by atoms with van der Waals surface area (Å²) in [5.74, 6) is 0.771. The van der Waals surface area contributed by atoms with E-state index in [0.717, 1.165) is 24.3 Å². The van der Waals surface area contributed by atoms with Crippen LogP contribution >= 0.6 is 11.6 Å². The van der Waals surface area contributed by atoms with E-state index in [1.807, 2.05) is 25.1 Å². The van der Waals surface area contributed by atoms with Gasteiger partial charge in [-0.05, 0) is 38.0 Å². The normalized spacial score (nSPS) is 12.5. The van der Waals surface area contributed by atoms with Gasteiger partial charge in [-0.1, -0.05) is 24.6 Å². The molecule has 0 spiro atoms. The van der Waals surface area contributed by atoms with Crippen LogP contribution in [0.4, 0.5) is 0 Å². The predicted octanol–water partition coefficient (Wildman–Crippen LogP) is 3.42. The fourth-order valence-corrected chi connectivity index (χ4v) is 1.50. The highest BCUT2D eigenvalue weighted by molar-refractivity contribution is 6.32. The number of ether oxygens (including phenoxy) is 1. The van der Waals surface area contributed by atoms with Gasteiger partial charge in [-0.15, -0.1) is 0 Å². The van der Waals surface area contributed by atoms with Crippen LogP contribution in [0.3, 0.4) is 0 Å². The van der Waals surface area contributed by atoms with Crippen LogP contribution in [0.15, 0.2) is 18.2 Å². The Kier molecular flexibility index (Phi) is 5.64. The molecule has 1 aromatic rings. The first kappa shape index (κ1) is 13.3. The maximum absolute atomic E-state index is 6.02. The molecule has 0 aliphatic carbocycles. The average Bonchev–Trinajstić information content (AvgIpc) is 2.28. The molecule has 1 rings (SSSR count). The van der Waals surface area contributed by atoms with E-state index >= 15 is 0 Å². The van der Waals surface area contributed by atoms with Crippen LogP contribution in [0, 0.1) is 6.92 Å². The third-order valence-corrected chi connectivity index (χ3v) is 2.86. The van der Waals surface area contributed by atoms with E-state index in [1.165, 1.54) is 0 Å². The molecule has 0 saturated carbocycles. The average molecular weight is 242 g/mol. The molecule has 0 bridgehead atoms. The summed E-state index contributed by atoms with van der Waals surface area (Å²) in [6.07, 6.45) is 1.13. The summed E-state index contributed by atoms with van der Waals surface area (Å²) in [6.45, 7) is 7.85. The van der Waals surface area contributed by atoms with E-state index < -0.39 is 0 Å².